The van der Waals surface area contributed by atoms with Crippen LogP contribution in [0.1, 0.15) is 32.6 Å². The molecular weight excluding hydrogens is 254 g/mol. The quantitative estimate of drug-likeness (QED) is 0.437. The van der Waals surface area contributed by atoms with Crippen LogP contribution in [-0.2, 0) is 9.59 Å². The maximum Gasteiger partial charge on any atom is 0.246 e. The third-order valence-corrected chi connectivity index (χ3v) is 3.21. The molecule has 1 unspecified atom stereocenters. The van der Waals surface area contributed by atoms with Crippen molar-refractivity contribution < 1.29 is 14.7 Å². The Kier molecular flexibility index (Phi) is 6.75. The smallest absolute Gasteiger partial charge is 0.246 e. The van der Waals surface area contributed by atoms with Crippen molar-refractivity contribution in [2.45, 2.75) is 38.7 Å². The molecule has 1 rings (SSSR count). The zero-order valence-corrected chi connectivity index (χ0v) is 11.9. The number of Topliss-reactive ketones (excluding diaryl/α,β-unsaturated/α-hetero) is 1. The number of β-amino-alcohol motifs (C(OH)–C–C–N with tert-alkyl or cyclic N) is 1. The summed E-state index contributed by atoms with van der Waals surface area (Å²) in [6.45, 7) is 6.08. The van der Waals surface area contributed by atoms with Gasteiger partial charge in [-0.1, -0.05) is 17.9 Å². The van der Waals surface area contributed by atoms with E-state index in [0.717, 1.165) is 19.3 Å². The van der Waals surface area contributed by atoms with E-state index in [1.54, 1.807) is 11.8 Å². The summed E-state index contributed by atoms with van der Waals surface area (Å²) in [5, 5.41) is 9.44. The maximum absolute atomic E-state index is 11.6. The van der Waals surface area contributed by atoms with Crippen LogP contribution in [0.25, 0.3) is 0 Å². The molecule has 0 aromatic heterocycles. The van der Waals surface area contributed by atoms with Gasteiger partial charge in [0.15, 0.2) is 5.78 Å². The molecule has 0 fully saturated rings. The topological polar surface area (TPSA) is 57.6 Å². The number of aliphatic hydroxyl groups excluding tert-OH is 1. The molecule has 0 aromatic carbocycles. The highest BCUT2D eigenvalue weighted by molar-refractivity contribution is 5.94. The molecule has 1 N–H and O–H groups in total. The van der Waals surface area contributed by atoms with Crippen LogP contribution in [-0.4, -0.2) is 40.9 Å². The van der Waals surface area contributed by atoms with Gasteiger partial charge in [0, 0.05) is 24.6 Å². The molecule has 1 atom stereocenters. The highest BCUT2D eigenvalue weighted by Gasteiger charge is 2.18. The minimum absolute atomic E-state index is 0.0544. The molecular formula is C16H21NO3. The first kappa shape index (κ1) is 16.2. The zero-order valence-electron chi connectivity index (χ0n) is 11.9. The normalized spacial score (nSPS) is 17.6. The number of nitrogens with zero attached hydrogens (tertiary/aromatic N) is 1. The predicted molar refractivity (Wildman–Crippen MR) is 77.0 cm³/mol. The Morgan fingerprint density at radius 1 is 1.50 bits per heavy atom. The van der Waals surface area contributed by atoms with E-state index in [-0.39, 0.29) is 11.7 Å². The number of hydrogen-bond donors (Lipinski definition) is 1. The standard InChI is InChI=1S/C16H21NO3/c1-3-7-13(2)15(19)8-5-4-6-11-17-12-14(18)9-10-16(17)20/h9-10,14,18H,1,4-6,8,11-12H2,2H3. The van der Waals surface area contributed by atoms with Crippen LogP contribution < -0.4 is 0 Å². The molecule has 0 saturated heterocycles. The van der Waals surface area contributed by atoms with Crippen molar-refractivity contribution in [3.05, 3.63) is 35.8 Å². The van der Waals surface area contributed by atoms with Crippen LogP contribution in [0.5, 0.6) is 0 Å². The van der Waals surface area contributed by atoms with Gasteiger partial charge in [0.05, 0.1) is 12.6 Å². The van der Waals surface area contributed by atoms with Crippen LogP contribution in [0.15, 0.2) is 35.8 Å². The van der Waals surface area contributed by atoms with Gasteiger partial charge in [-0.3, -0.25) is 9.59 Å². The van der Waals surface area contributed by atoms with Crippen molar-refractivity contribution in [3.63, 3.8) is 0 Å². The van der Waals surface area contributed by atoms with E-state index in [4.69, 9.17) is 0 Å². The summed E-state index contributed by atoms with van der Waals surface area (Å²) in [7, 11) is 0. The lowest BCUT2D eigenvalue weighted by Crippen LogP contribution is -2.39. The Bertz CT molecular complexity index is 480. The minimum Gasteiger partial charge on any atom is -0.387 e. The van der Waals surface area contributed by atoms with Crippen molar-refractivity contribution in [2.75, 3.05) is 13.1 Å². The van der Waals surface area contributed by atoms with Crippen molar-refractivity contribution >= 4 is 11.7 Å². The number of carbonyl (C=O) groups excluding carboxylic acids is 2. The monoisotopic (exact) mass is 275 g/mol. The van der Waals surface area contributed by atoms with E-state index >= 15 is 0 Å². The van der Waals surface area contributed by atoms with Crippen molar-refractivity contribution in [3.8, 4) is 0 Å². The first-order valence-corrected chi connectivity index (χ1v) is 6.84. The molecule has 1 aliphatic rings. The molecule has 0 saturated carbocycles. The Hall–Kier alpha value is -1.86. The van der Waals surface area contributed by atoms with Crippen molar-refractivity contribution in [2.24, 2.45) is 0 Å². The fourth-order valence-electron chi connectivity index (χ4n) is 2.03. The third kappa shape index (κ3) is 5.41. The first-order chi connectivity index (χ1) is 9.54. The highest BCUT2D eigenvalue weighted by Crippen LogP contribution is 2.09. The minimum atomic E-state index is -0.562. The maximum atomic E-state index is 11.6. The van der Waals surface area contributed by atoms with Gasteiger partial charge in [-0.2, -0.15) is 0 Å². The van der Waals surface area contributed by atoms with Gasteiger partial charge in [0.2, 0.25) is 5.91 Å². The van der Waals surface area contributed by atoms with E-state index < -0.39 is 6.10 Å². The Balaban J connectivity index is 2.21. The molecule has 1 heterocycles. The summed E-state index contributed by atoms with van der Waals surface area (Å²) >= 11 is 0. The number of unbranched alkanes of at least 4 members (excludes halogenated alkanes) is 2. The number of aliphatic hydroxyl groups is 1. The van der Waals surface area contributed by atoms with Gasteiger partial charge in [-0.25, -0.2) is 0 Å². The third-order valence-electron chi connectivity index (χ3n) is 3.21. The molecule has 20 heavy (non-hydrogen) atoms. The van der Waals surface area contributed by atoms with Gasteiger partial charge < -0.3 is 10.0 Å². The van der Waals surface area contributed by atoms with E-state index in [9.17, 15) is 14.7 Å². The average Bonchev–Trinajstić information content (AvgIpc) is 2.42. The fourth-order valence-corrected chi connectivity index (χ4v) is 2.03. The molecule has 108 valence electrons. The van der Waals surface area contributed by atoms with E-state index in [2.05, 4.69) is 18.0 Å². The lowest BCUT2D eigenvalue weighted by Gasteiger charge is -2.26. The molecule has 1 amide bonds. The van der Waals surface area contributed by atoms with Gasteiger partial charge in [-0.05, 0) is 32.4 Å². The number of carbonyl (C=O) groups is 2. The SMILES string of the molecule is C=C=C=C(C)C(=O)CCCCCN1CC(O)C=CC1=O. The van der Waals surface area contributed by atoms with Crippen LogP contribution in [0, 0.1) is 0 Å². The molecule has 0 aromatic rings. The number of rotatable bonds is 7. The fraction of sp³-hybridized carbons (Fsp3) is 0.500. The van der Waals surface area contributed by atoms with Crippen LogP contribution in [0.4, 0.5) is 0 Å². The lowest BCUT2D eigenvalue weighted by atomic mass is 10.1. The largest absolute Gasteiger partial charge is 0.387 e. The van der Waals surface area contributed by atoms with Crippen molar-refractivity contribution in [1.29, 1.82) is 0 Å². The van der Waals surface area contributed by atoms with Crippen LogP contribution in [0.2, 0.25) is 0 Å². The zero-order chi connectivity index (χ0) is 15.0. The summed E-state index contributed by atoms with van der Waals surface area (Å²) in [6.07, 6.45) is 5.34. The second-order valence-electron chi connectivity index (χ2n) is 4.87. The van der Waals surface area contributed by atoms with Gasteiger partial charge in [0.1, 0.15) is 0 Å². The van der Waals surface area contributed by atoms with Gasteiger partial charge in [0.25, 0.3) is 0 Å². The van der Waals surface area contributed by atoms with E-state index in [0.29, 0.717) is 25.1 Å². The summed E-state index contributed by atoms with van der Waals surface area (Å²) < 4.78 is 0. The van der Waals surface area contributed by atoms with Gasteiger partial charge >= 0.3 is 0 Å². The molecule has 4 nitrogen and oxygen atoms in total. The average molecular weight is 275 g/mol. The molecule has 4 heteroatoms. The van der Waals surface area contributed by atoms with Crippen molar-refractivity contribution in [1.82, 2.24) is 4.90 Å². The molecule has 0 radical (unpaired) electrons. The van der Waals surface area contributed by atoms with Crippen LogP contribution >= 0.6 is 0 Å². The molecule has 0 bridgehead atoms. The Labute approximate surface area is 119 Å². The number of ketones is 1. The first-order valence-electron chi connectivity index (χ1n) is 6.84. The Morgan fingerprint density at radius 2 is 2.25 bits per heavy atom. The lowest BCUT2D eigenvalue weighted by molar-refractivity contribution is -0.128. The summed E-state index contributed by atoms with van der Waals surface area (Å²) in [5.74, 6) is 0.00910. The number of hydrogen-bond acceptors (Lipinski definition) is 3. The van der Waals surface area contributed by atoms with E-state index in [1.165, 1.54) is 12.2 Å². The number of amides is 1. The van der Waals surface area contributed by atoms with E-state index in [1.807, 2.05) is 0 Å². The summed E-state index contributed by atoms with van der Waals surface area (Å²) in [6, 6.07) is 0. The number of allylic oxidation sites excluding steroid dienone is 1. The molecule has 1 aliphatic heterocycles. The summed E-state index contributed by atoms with van der Waals surface area (Å²) in [4.78, 5) is 24.8. The van der Waals surface area contributed by atoms with Gasteiger partial charge in [-0.15, -0.1) is 0 Å². The molecule has 0 spiro atoms. The highest BCUT2D eigenvalue weighted by atomic mass is 16.3. The summed E-state index contributed by atoms with van der Waals surface area (Å²) in [5.41, 5.74) is 5.69. The second kappa shape index (κ2) is 8.34. The second-order valence-corrected chi connectivity index (χ2v) is 4.87. The molecule has 0 aliphatic carbocycles. The predicted octanol–water partition coefficient (Wildman–Crippen LogP) is 1.76. The van der Waals surface area contributed by atoms with Crippen LogP contribution in [0.3, 0.4) is 0 Å². The Morgan fingerprint density at radius 3 is 2.95 bits per heavy atom.